The molecule has 0 amide bonds. The van der Waals surface area contributed by atoms with Crippen LogP contribution in [-0.4, -0.2) is 38.5 Å². The van der Waals surface area contributed by atoms with Crippen LogP contribution in [0.15, 0.2) is 146 Å². The Morgan fingerprint density at radius 1 is 0.617 bits per heavy atom. The van der Waals surface area contributed by atoms with Crippen LogP contribution in [0, 0.1) is 27.7 Å². The number of nitrogen functional groups attached to an aromatic ring is 1. The number of pyridine rings is 6. The Balaban J connectivity index is 0.000000153. The lowest BCUT2D eigenvalue weighted by atomic mass is 9.99. The molecule has 0 saturated carbocycles. The molecule has 0 fully saturated rings. The lowest BCUT2D eigenvalue weighted by Gasteiger charge is -2.11. The summed E-state index contributed by atoms with van der Waals surface area (Å²) in [5.74, 6) is 0. The van der Waals surface area contributed by atoms with Crippen molar-refractivity contribution in [3.63, 3.8) is 0 Å². The Hall–Kier alpha value is -7.25. The number of rotatable bonds is 3. The van der Waals surface area contributed by atoms with E-state index in [9.17, 15) is 19.2 Å². The van der Waals surface area contributed by atoms with Gasteiger partial charge in [-0.1, -0.05) is 24.3 Å². The Morgan fingerprint density at radius 2 is 1.08 bits per heavy atom. The van der Waals surface area contributed by atoms with Gasteiger partial charge in [-0.2, -0.15) is 4.99 Å². The number of nitrogens with zero attached hydrogens (tertiary/aromatic N) is 7. The standard InChI is InChI=1S/C18H15N3OS.C17H17N3O.C11H8N2O2S/c1-11-4-5-14(20-10-23)8-15(11)16-7-13-9-19-12(2)6-17(13)21(3)18(16)22;1-10-4-5-13(18)8-14(10)15-7-12-9-19-11(2)6-16(12)20(3)17(15)21;14-9-5-1-3-7-12(9)11(16)13-8-4-2-6-10(13)15/h4-9H,1-3H3;4-9H,18H2,1-3H3;1-8H. The number of aliphatic imine (C=N–C) groups is 1. The molecule has 300 valence electrons. The topological polar surface area (TPSA) is 152 Å². The number of hydrogen-bond acceptors (Lipinski definition) is 10. The van der Waals surface area contributed by atoms with E-state index in [1.54, 1.807) is 59.9 Å². The molecule has 60 heavy (non-hydrogen) atoms. The number of thiocarbonyl (C=S) groups is 2. The summed E-state index contributed by atoms with van der Waals surface area (Å²) in [5, 5.41) is 4.38. The number of benzene rings is 2. The third kappa shape index (κ3) is 9.06. The molecule has 0 radical (unpaired) electrons. The summed E-state index contributed by atoms with van der Waals surface area (Å²) in [5.41, 5.74) is 15.2. The highest BCUT2D eigenvalue weighted by atomic mass is 32.1. The number of anilines is 1. The van der Waals surface area contributed by atoms with E-state index >= 15 is 0 Å². The first-order valence-electron chi connectivity index (χ1n) is 18.6. The third-order valence-corrected chi connectivity index (χ3v) is 10.3. The van der Waals surface area contributed by atoms with Crippen molar-refractivity contribution in [3.8, 4) is 22.3 Å². The fourth-order valence-electron chi connectivity index (χ4n) is 6.55. The predicted octanol–water partition coefficient (Wildman–Crippen LogP) is 7.44. The number of aromatic nitrogens is 6. The molecule has 0 aliphatic rings. The first kappa shape index (κ1) is 42.4. The fraction of sp³-hybridized carbons (Fsp3) is 0.130. The van der Waals surface area contributed by atoms with Crippen molar-refractivity contribution in [2.45, 2.75) is 27.7 Å². The Kier molecular flexibility index (Phi) is 12.8. The summed E-state index contributed by atoms with van der Waals surface area (Å²) < 4.78 is 5.82. The van der Waals surface area contributed by atoms with E-state index in [1.165, 1.54) is 33.7 Å². The summed E-state index contributed by atoms with van der Waals surface area (Å²) >= 11 is 9.75. The van der Waals surface area contributed by atoms with Crippen molar-refractivity contribution in [1.82, 2.24) is 28.2 Å². The van der Waals surface area contributed by atoms with E-state index < -0.39 is 0 Å². The molecule has 14 heteroatoms. The van der Waals surface area contributed by atoms with Gasteiger partial charge in [-0.05, 0) is 135 Å². The second kappa shape index (κ2) is 18.1. The minimum Gasteiger partial charge on any atom is -0.399 e. The summed E-state index contributed by atoms with van der Waals surface area (Å²) in [6, 6.07) is 28.3. The van der Waals surface area contributed by atoms with Crippen LogP contribution in [0.1, 0.15) is 22.5 Å². The van der Waals surface area contributed by atoms with Gasteiger partial charge in [0, 0.05) is 90.0 Å². The Bertz CT molecular complexity index is 3210. The molecule has 0 unspecified atom stereocenters. The molecule has 12 nitrogen and oxygen atoms in total. The highest BCUT2D eigenvalue weighted by molar-refractivity contribution is 7.80. The first-order chi connectivity index (χ1) is 28.7. The molecular formula is C46H40N8O4S2. The van der Waals surface area contributed by atoms with Crippen molar-refractivity contribution >= 4 is 67.9 Å². The normalized spacial score (nSPS) is 10.6. The molecule has 0 aliphatic carbocycles. The van der Waals surface area contributed by atoms with Crippen molar-refractivity contribution in [1.29, 1.82) is 0 Å². The number of hydrogen-bond donors (Lipinski definition) is 1. The second-order valence-electron chi connectivity index (χ2n) is 14.0. The highest BCUT2D eigenvalue weighted by Crippen LogP contribution is 2.28. The Morgan fingerprint density at radius 3 is 1.55 bits per heavy atom. The minimum atomic E-state index is -0.261. The van der Waals surface area contributed by atoms with Crippen LogP contribution < -0.4 is 28.0 Å². The fourth-order valence-corrected chi connectivity index (χ4v) is 6.96. The Labute approximate surface area is 355 Å². The van der Waals surface area contributed by atoms with Crippen molar-refractivity contribution in [3.05, 3.63) is 186 Å². The van der Waals surface area contributed by atoms with Crippen molar-refractivity contribution in [2.24, 2.45) is 19.1 Å². The molecule has 0 bridgehead atoms. The second-order valence-corrected chi connectivity index (χ2v) is 14.5. The van der Waals surface area contributed by atoms with E-state index in [0.29, 0.717) is 22.5 Å². The predicted molar refractivity (Wildman–Crippen MR) is 248 cm³/mol. The number of nitrogens with two attached hydrogens (primary N) is 1. The third-order valence-electron chi connectivity index (χ3n) is 9.78. The van der Waals surface area contributed by atoms with Gasteiger partial charge in [0.25, 0.3) is 22.2 Å². The number of aryl methyl sites for hydroxylation is 6. The van der Waals surface area contributed by atoms with E-state index in [4.69, 9.17) is 18.0 Å². The zero-order valence-electron chi connectivity index (χ0n) is 33.7. The van der Waals surface area contributed by atoms with Crippen LogP contribution in [0.3, 0.4) is 0 Å². The molecule has 0 spiro atoms. The molecule has 8 rings (SSSR count). The molecule has 6 aromatic heterocycles. The number of fused-ring (bicyclic) bond motifs is 2. The van der Waals surface area contributed by atoms with E-state index in [0.717, 1.165) is 55.4 Å². The summed E-state index contributed by atoms with van der Waals surface area (Å²) in [6.45, 7) is 7.78. The maximum Gasteiger partial charge on any atom is 0.258 e. The van der Waals surface area contributed by atoms with Crippen LogP contribution in [0.5, 0.6) is 0 Å². The van der Waals surface area contributed by atoms with Crippen LogP contribution in [0.2, 0.25) is 0 Å². The molecule has 6 heterocycles. The van der Waals surface area contributed by atoms with Crippen molar-refractivity contribution in [2.75, 3.05) is 5.73 Å². The van der Waals surface area contributed by atoms with Gasteiger partial charge < -0.3 is 14.9 Å². The number of isothiocyanates is 1. The average Bonchev–Trinajstić information content (AvgIpc) is 3.23. The van der Waals surface area contributed by atoms with E-state index in [-0.39, 0.29) is 27.3 Å². The summed E-state index contributed by atoms with van der Waals surface area (Å²) in [7, 11) is 3.57. The van der Waals surface area contributed by atoms with Crippen LogP contribution in [0.25, 0.3) is 44.1 Å². The zero-order valence-corrected chi connectivity index (χ0v) is 35.3. The molecule has 0 aliphatic heterocycles. The molecule has 0 atom stereocenters. The van der Waals surface area contributed by atoms with Gasteiger partial charge in [0.2, 0.25) is 0 Å². The quantitative estimate of drug-likeness (QED) is 0.109. The maximum atomic E-state index is 12.8. The van der Waals surface area contributed by atoms with Gasteiger partial charge in [0.05, 0.1) is 21.9 Å². The average molecular weight is 833 g/mol. The van der Waals surface area contributed by atoms with Gasteiger partial charge in [-0.3, -0.25) is 38.3 Å². The molecule has 8 aromatic rings. The van der Waals surface area contributed by atoms with Crippen molar-refractivity contribution < 1.29 is 0 Å². The van der Waals surface area contributed by atoms with Gasteiger partial charge >= 0.3 is 0 Å². The minimum absolute atomic E-state index is 0.0261. The monoisotopic (exact) mass is 832 g/mol. The summed E-state index contributed by atoms with van der Waals surface area (Å²) in [4.78, 5) is 61.1. The smallest absolute Gasteiger partial charge is 0.258 e. The van der Waals surface area contributed by atoms with Gasteiger partial charge in [-0.15, -0.1) is 0 Å². The zero-order chi connectivity index (χ0) is 43.2. The van der Waals surface area contributed by atoms with Crippen LogP contribution in [0.4, 0.5) is 11.4 Å². The van der Waals surface area contributed by atoms with Gasteiger partial charge in [-0.25, -0.2) is 0 Å². The maximum absolute atomic E-state index is 12.8. The van der Waals surface area contributed by atoms with Gasteiger partial charge in [0.1, 0.15) is 0 Å². The van der Waals surface area contributed by atoms with E-state index in [2.05, 4.69) is 32.3 Å². The van der Waals surface area contributed by atoms with Crippen LogP contribution >= 0.6 is 24.4 Å². The van der Waals surface area contributed by atoms with Gasteiger partial charge in [0.15, 0.2) is 5.11 Å². The molecule has 2 N–H and O–H groups in total. The lowest BCUT2D eigenvalue weighted by Crippen LogP contribution is -2.35. The van der Waals surface area contributed by atoms with Crippen LogP contribution in [-0.2, 0) is 14.1 Å². The highest BCUT2D eigenvalue weighted by Gasteiger charge is 2.14. The largest absolute Gasteiger partial charge is 0.399 e. The summed E-state index contributed by atoms with van der Waals surface area (Å²) in [6.07, 6.45) is 6.66. The first-order valence-corrected chi connectivity index (χ1v) is 19.4. The van der Waals surface area contributed by atoms with E-state index in [1.807, 2.05) is 88.4 Å². The molecule has 2 aromatic carbocycles. The molecule has 0 saturated heterocycles. The lowest BCUT2D eigenvalue weighted by molar-refractivity contribution is 0.905. The SMILES string of the molecule is Cc1cc2c(cn1)cc(-c1cc(N)ccc1C)c(=O)n2C.Cc1cc2c(cn1)cc(-c1cc(N=C=S)ccc1C)c(=O)n2C.O=c1ccccn1C(=S)n1ccccc1=O. The molecular weight excluding hydrogens is 793 g/mol.